The summed E-state index contributed by atoms with van der Waals surface area (Å²) in [5.74, 6) is 0.608. The van der Waals surface area contributed by atoms with Crippen LogP contribution < -0.4 is 0 Å². The van der Waals surface area contributed by atoms with Gasteiger partial charge in [0.2, 0.25) is 0 Å². The fourth-order valence-corrected chi connectivity index (χ4v) is 2.05. The number of hydrogen-bond donors (Lipinski definition) is 1. The molecule has 14 heavy (non-hydrogen) atoms. The topological polar surface area (TPSA) is 20.2 Å². The third-order valence-corrected chi connectivity index (χ3v) is 3.21. The van der Waals surface area contributed by atoms with Crippen LogP contribution in [-0.2, 0) is 5.41 Å². The largest absolute Gasteiger partial charge is 0.392 e. The molecule has 1 N–H and O–H groups in total. The monoisotopic (exact) mass is 188 g/mol. The molecule has 2 atom stereocenters. The van der Waals surface area contributed by atoms with Crippen LogP contribution in [0.5, 0.6) is 0 Å². The first kappa shape index (κ1) is 9.47. The SMILES string of the molecule is C[C@@]1(c2ccccc2)C[C@H]1/C=C/CO. The molecule has 1 aliphatic rings. The second kappa shape index (κ2) is 3.58. The lowest BCUT2D eigenvalue weighted by Crippen LogP contribution is -2.02. The van der Waals surface area contributed by atoms with E-state index >= 15 is 0 Å². The van der Waals surface area contributed by atoms with Crippen molar-refractivity contribution in [2.45, 2.75) is 18.8 Å². The Morgan fingerprint density at radius 2 is 2.14 bits per heavy atom. The van der Waals surface area contributed by atoms with Crippen molar-refractivity contribution in [3.05, 3.63) is 48.0 Å². The van der Waals surface area contributed by atoms with Crippen molar-refractivity contribution < 1.29 is 5.11 Å². The molecule has 0 unspecified atom stereocenters. The molecule has 1 aromatic carbocycles. The fourth-order valence-electron chi connectivity index (χ4n) is 2.05. The molecule has 0 radical (unpaired) electrons. The van der Waals surface area contributed by atoms with Crippen LogP contribution in [-0.4, -0.2) is 11.7 Å². The Bertz CT molecular complexity index is 328. The molecule has 1 fully saturated rings. The molecule has 0 aromatic heterocycles. The second-order valence-electron chi connectivity index (χ2n) is 4.20. The Balaban J connectivity index is 2.11. The minimum absolute atomic E-state index is 0.154. The first-order chi connectivity index (χ1) is 6.77. The van der Waals surface area contributed by atoms with Gasteiger partial charge in [-0.2, -0.15) is 0 Å². The molecule has 0 heterocycles. The van der Waals surface area contributed by atoms with E-state index < -0.39 is 0 Å². The predicted molar refractivity (Wildman–Crippen MR) is 58.1 cm³/mol. The molecule has 1 nitrogen and oxygen atoms in total. The minimum atomic E-state index is 0.154. The average molecular weight is 188 g/mol. The summed E-state index contributed by atoms with van der Waals surface area (Å²) >= 11 is 0. The van der Waals surface area contributed by atoms with Gasteiger partial charge in [0, 0.05) is 0 Å². The van der Waals surface area contributed by atoms with Crippen LogP contribution in [0, 0.1) is 5.92 Å². The van der Waals surface area contributed by atoms with Crippen LogP contribution in [0.25, 0.3) is 0 Å². The zero-order chi connectivity index (χ0) is 10.0. The lowest BCUT2D eigenvalue weighted by Gasteiger charge is -2.09. The first-order valence-electron chi connectivity index (χ1n) is 5.10. The maximum absolute atomic E-state index is 8.70. The number of aliphatic hydroxyl groups excluding tert-OH is 1. The normalized spacial score (nSPS) is 30.9. The van der Waals surface area contributed by atoms with E-state index in [-0.39, 0.29) is 6.61 Å². The summed E-state index contributed by atoms with van der Waals surface area (Å²) in [7, 11) is 0. The quantitative estimate of drug-likeness (QED) is 0.723. The van der Waals surface area contributed by atoms with E-state index in [1.807, 2.05) is 12.1 Å². The van der Waals surface area contributed by atoms with E-state index in [2.05, 4.69) is 37.3 Å². The van der Waals surface area contributed by atoms with Crippen molar-refractivity contribution in [2.75, 3.05) is 6.61 Å². The van der Waals surface area contributed by atoms with Crippen LogP contribution in [0.2, 0.25) is 0 Å². The van der Waals surface area contributed by atoms with Crippen molar-refractivity contribution in [3.63, 3.8) is 0 Å². The van der Waals surface area contributed by atoms with Crippen molar-refractivity contribution >= 4 is 0 Å². The van der Waals surface area contributed by atoms with Gasteiger partial charge in [0.15, 0.2) is 0 Å². The molecule has 74 valence electrons. The van der Waals surface area contributed by atoms with Gasteiger partial charge in [-0.1, -0.05) is 49.4 Å². The molecule has 1 heteroatoms. The number of hydrogen-bond acceptors (Lipinski definition) is 1. The van der Waals surface area contributed by atoms with E-state index in [1.165, 1.54) is 12.0 Å². The highest BCUT2D eigenvalue weighted by Gasteiger charge is 2.49. The lowest BCUT2D eigenvalue weighted by atomic mass is 9.95. The summed E-state index contributed by atoms with van der Waals surface area (Å²) in [5, 5.41) is 8.70. The zero-order valence-corrected chi connectivity index (χ0v) is 8.48. The van der Waals surface area contributed by atoms with E-state index in [9.17, 15) is 0 Å². The van der Waals surface area contributed by atoms with Gasteiger partial charge < -0.3 is 5.11 Å². The number of benzene rings is 1. The van der Waals surface area contributed by atoms with Gasteiger partial charge in [0.1, 0.15) is 0 Å². The van der Waals surface area contributed by atoms with E-state index in [0.717, 1.165) is 0 Å². The van der Waals surface area contributed by atoms with Gasteiger partial charge in [-0.15, -0.1) is 0 Å². The standard InChI is InChI=1S/C13H16O/c1-13(10-12(13)8-5-9-14)11-6-3-2-4-7-11/h2-8,12,14H,9-10H2,1H3/b8-5+/t12-,13+/m1/s1. The highest BCUT2D eigenvalue weighted by atomic mass is 16.2. The van der Waals surface area contributed by atoms with E-state index in [4.69, 9.17) is 5.11 Å². The van der Waals surface area contributed by atoms with Gasteiger partial charge >= 0.3 is 0 Å². The van der Waals surface area contributed by atoms with E-state index in [0.29, 0.717) is 11.3 Å². The maximum atomic E-state index is 8.70. The van der Waals surface area contributed by atoms with Crippen molar-refractivity contribution in [1.82, 2.24) is 0 Å². The Hall–Kier alpha value is -1.08. The molecule has 0 amide bonds. The fraction of sp³-hybridized carbons (Fsp3) is 0.385. The summed E-state index contributed by atoms with van der Waals surface area (Å²) < 4.78 is 0. The summed E-state index contributed by atoms with van der Waals surface area (Å²) in [6.45, 7) is 2.44. The summed E-state index contributed by atoms with van der Waals surface area (Å²) in [6.07, 6.45) is 5.18. The van der Waals surface area contributed by atoms with Gasteiger partial charge in [-0.05, 0) is 23.3 Å². The first-order valence-corrected chi connectivity index (χ1v) is 5.10. The molecule has 0 saturated heterocycles. The molecule has 1 saturated carbocycles. The molecule has 2 rings (SSSR count). The molecule has 0 aliphatic heterocycles. The molecule has 1 aliphatic carbocycles. The number of allylic oxidation sites excluding steroid dienone is 1. The van der Waals surface area contributed by atoms with Crippen LogP contribution in [0.4, 0.5) is 0 Å². The van der Waals surface area contributed by atoms with Crippen LogP contribution in [0.3, 0.4) is 0 Å². The highest BCUT2D eigenvalue weighted by molar-refractivity contribution is 5.34. The lowest BCUT2D eigenvalue weighted by molar-refractivity contribution is 0.342. The Morgan fingerprint density at radius 3 is 2.79 bits per heavy atom. The van der Waals surface area contributed by atoms with Crippen molar-refractivity contribution in [2.24, 2.45) is 5.92 Å². The summed E-state index contributed by atoms with van der Waals surface area (Å²) in [6, 6.07) is 10.6. The predicted octanol–water partition coefficient (Wildman–Crippen LogP) is 2.51. The molecular weight excluding hydrogens is 172 g/mol. The van der Waals surface area contributed by atoms with Gasteiger partial charge in [0.25, 0.3) is 0 Å². The van der Waals surface area contributed by atoms with Crippen molar-refractivity contribution in [1.29, 1.82) is 0 Å². The van der Waals surface area contributed by atoms with Gasteiger partial charge in [-0.3, -0.25) is 0 Å². The minimum Gasteiger partial charge on any atom is -0.392 e. The van der Waals surface area contributed by atoms with Crippen LogP contribution in [0.15, 0.2) is 42.5 Å². The Labute approximate surface area is 85.1 Å². The van der Waals surface area contributed by atoms with E-state index in [1.54, 1.807) is 0 Å². The van der Waals surface area contributed by atoms with Gasteiger partial charge in [0.05, 0.1) is 6.61 Å². The molecule has 0 bridgehead atoms. The van der Waals surface area contributed by atoms with Crippen molar-refractivity contribution in [3.8, 4) is 0 Å². The number of aliphatic hydroxyl groups is 1. The molecule has 0 spiro atoms. The number of rotatable bonds is 3. The van der Waals surface area contributed by atoms with Crippen LogP contribution >= 0.6 is 0 Å². The third-order valence-electron chi connectivity index (χ3n) is 3.21. The second-order valence-corrected chi connectivity index (χ2v) is 4.20. The Morgan fingerprint density at radius 1 is 1.43 bits per heavy atom. The third kappa shape index (κ3) is 1.60. The highest BCUT2D eigenvalue weighted by Crippen LogP contribution is 2.54. The molecule has 1 aromatic rings. The molecular formula is C13H16O. The Kier molecular flexibility index (Phi) is 2.42. The smallest absolute Gasteiger partial charge is 0.0612 e. The summed E-state index contributed by atoms with van der Waals surface area (Å²) in [5.41, 5.74) is 1.72. The zero-order valence-electron chi connectivity index (χ0n) is 8.48. The maximum Gasteiger partial charge on any atom is 0.0612 e. The van der Waals surface area contributed by atoms with Crippen LogP contribution in [0.1, 0.15) is 18.9 Å². The van der Waals surface area contributed by atoms with Gasteiger partial charge in [-0.25, -0.2) is 0 Å². The summed E-state index contributed by atoms with van der Waals surface area (Å²) in [4.78, 5) is 0. The average Bonchev–Trinajstić information content (AvgIpc) is 2.90.